The van der Waals surface area contributed by atoms with Gasteiger partial charge in [0, 0.05) is 36.3 Å². The normalized spacial score (nSPS) is 14.4. The highest BCUT2D eigenvalue weighted by Crippen LogP contribution is 2.22. The van der Waals surface area contributed by atoms with E-state index in [-0.39, 0.29) is 5.91 Å². The SMILES string of the molecule is Cc1ccccc1N1CCN(C(=O)c2nnn(-c3cccc(Br)c3)c2C)CC1. The van der Waals surface area contributed by atoms with Crippen molar-refractivity contribution in [1.29, 1.82) is 0 Å². The number of rotatable bonds is 3. The molecule has 0 aliphatic carbocycles. The van der Waals surface area contributed by atoms with Gasteiger partial charge in [-0.1, -0.05) is 45.4 Å². The van der Waals surface area contributed by atoms with Gasteiger partial charge in [-0.25, -0.2) is 4.68 Å². The number of aromatic nitrogens is 3. The highest BCUT2D eigenvalue weighted by Gasteiger charge is 2.27. The summed E-state index contributed by atoms with van der Waals surface area (Å²) in [6.45, 7) is 6.99. The van der Waals surface area contributed by atoms with Crippen molar-refractivity contribution in [2.75, 3.05) is 31.1 Å². The van der Waals surface area contributed by atoms with E-state index in [0.29, 0.717) is 18.8 Å². The van der Waals surface area contributed by atoms with Crippen molar-refractivity contribution in [1.82, 2.24) is 19.9 Å². The Morgan fingerprint density at radius 2 is 1.75 bits per heavy atom. The number of benzene rings is 2. The fraction of sp³-hybridized carbons (Fsp3) is 0.286. The number of aryl methyl sites for hydroxylation is 1. The van der Waals surface area contributed by atoms with Crippen LogP contribution >= 0.6 is 15.9 Å². The zero-order valence-electron chi connectivity index (χ0n) is 16.0. The third-order valence-corrected chi connectivity index (χ3v) is 5.67. The minimum atomic E-state index is -0.0526. The maximum absolute atomic E-state index is 13.0. The van der Waals surface area contributed by atoms with Gasteiger partial charge in [0.1, 0.15) is 0 Å². The number of piperazine rings is 1. The molecule has 4 rings (SSSR count). The maximum Gasteiger partial charge on any atom is 0.276 e. The van der Waals surface area contributed by atoms with Crippen LogP contribution in [0.3, 0.4) is 0 Å². The monoisotopic (exact) mass is 439 g/mol. The first-order valence-corrected chi connectivity index (χ1v) is 10.1. The van der Waals surface area contributed by atoms with Gasteiger partial charge in [0.15, 0.2) is 5.69 Å². The lowest BCUT2D eigenvalue weighted by Crippen LogP contribution is -2.49. The second-order valence-corrected chi connectivity index (χ2v) is 7.90. The number of hydrogen-bond acceptors (Lipinski definition) is 4. The van der Waals surface area contributed by atoms with Gasteiger partial charge in [-0.2, -0.15) is 0 Å². The molecular weight excluding hydrogens is 418 g/mol. The summed E-state index contributed by atoms with van der Waals surface area (Å²) in [5.41, 5.74) is 4.55. The number of carbonyl (C=O) groups excluding carboxylic acids is 1. The van der Waals surface area contributed by atoms with Crippen molar-refractivity contribution < 1.29 is 4.79 Å². The molecule has 0 N–H and O–H groups in total. The van der Waals surface area contributed by atoms with Crippen LogP contribution in [0.4, 0.5) is 5.69 Å². The third kappa shape index (κ3) is 3.54. The van der Waals surface area contributed by atoms with E-state index in [1.54, 1.807) is 4.68 Å². The molecule has 144 valence electrons. The van der Waals surface area contributed by atoms with E-state index in [0.717, 1.165) is 28.9 Å². The second-order valence-electron chi connectivity index (χ2n) is 6.98. The molecule has 0 unspecified atom stereocenters. The van der Waals surface area contributed by atoms with E-state index < -0.39 is 0 Å². The first-order valence-electron chi connectivity index (χ1n) is 9.32. The fourth-order valence-electron chi connectivity index (χ4n) is 3.60. The lowest BCUT2D eigenvalue weighted by molar-refractivity contribution is 0.0740. The molecule has 2 heterocycles. The molecule has 0 radical (unpaired) electrons. The Labute approximate surface area is 172 Å². The molecule has 0 spiro atoms. The van der Waals surface area contributed by atoms with Crippen LogP contribution in [0.15, 0.2) is 53.0 Å². The topological polar surface area (TPSA) is 54.3 Å². The highest BCUT2D eigenvalue weighted by molar-refractivity contribution is 9.10. The molecule has 1 aromatic heterocycles. The van der Waals surface area contributed by atoms with E-state index >= 15 is 0 Å². The van der Waals surface area contributed by atoms with Crippen LogP contribution in [0, 0.1) is 13.8 Å². The lowest BCUT2D eigenvalue weighted by atomic mass is 10.1. The molecule has 0 saturated carbocycles. The van der Waals surface area contributed by atoms with Crippen LogP contribution in [-0.4, -0.2) is 52.0 Å². The first-order chi connectivity index (χ1) is 13.5. The van der Waals surface area contributed by atoms with Crippen LogP contribution in [0.25, 0.3) is 5.69 Å². The summed E-state index contributed by atoms with van der Waals surface area (Å²) >= 11 is 3.47. The first kappa shape index (κ1) is 18.7. The Kier molecular flexibility index (Phi) is 5.17. The van der Waals surface area contributed by atoms with Gasteiger partial charge < -0.3 is 9.80 Å². The molecule has 1 fully saturated rings. The van der Waals surface area contributed by atoms with Gasteiger partial charge in [-0.15, -0.1) is 5.10 Å². The summed E-state index contributed by atoms with van der Waals surface area (Å²) in [4.78, 5) is 17.2. The number of para-hydroxylation sites is 1. The largest absolute Gasteiger partial charge is 0.368 e. The lowest BCUT2D eigenvalue weighted by Gasteiger charge is -2.36. The van der Waals surface area contributed by atoms with Crippen molar-refractivity contribution >= 4 is 27.5 Å². The molecule has 1 amide bonds. The Bertz CT molecular complexity index is 1010. The smallest absolute Gasteiger partial charge is 0.276 e. The van der Waals surface area contributed by atoms with E-state index in [9.17, 15) is 4.79 Å². The van der Waals surface area contributed by atoms with Crippen molar-refractivity contribution in [3.05, 3.63) is 70.0 Å². The summed E-state index contributed by atoms with van der Waals surface area (Å²) in [5.74, 6) is -0.0526. The molecule has 2 aromatic carbocycles. The summed E-state index contributed by atoms with van der Waals surface area (Å²) in [5, 5.41) is 8.39. The molecule has 1 aliphatic rings. The third-order valence-electron chi connectivity index (χ3n) is 5.17. The van der Waals surface area contributed by atoms with E-state index in [1.165, 1.54) is 11.3 Å². The Balaban J connectivity index is 1.48. The van der Waals surface area contributed by atoms with Crippen molar-refractivity contribution in [2.24, 2.45) is 0 Å². The molecule has 7 heteroatoms. The van der Waals surface area contributed by atoms with Crippen LogP contribution < -0.4 is 4.90 Å². The highest BCUT2D eigenvalue weighted by atomic mass is 79.9. The zero-order valence-corrected chi connectivity index (χ0v) is 17.6. The van der Waals surface area contributed by atoms with Crippen LogP contribution in [-0.2, 0) is 0 Å². The average Bonchev–Trinajstić information content (AvgIpc) is 3.09. The minimum absolute atomic E-state index is 0.0526. The van der Waals surface area contributed by atoms with Crippen LogP contribution in [0.5, 0.6) is 0 Å². The molecule has 3 aromatic rings. The van der Waals surface area contributed by atoms with Gasteiger partial charge in [0.25, 0.3) is 5.91 Å². The van der Waals surface area contributed by atoms with E-state index in [4.69, 9.17) is 0 Å². The number of amides is 1. The second kappa shape index (κ2) is 7.75. The summed E-state index contributed by atoms with van der Waals surface area (Å²) in [7, 11) is 0. The van der Waals surface area contributed by atoms with Crippen molar-refractivity contribution in [3.63, 3.8) is 0 Å². The molecule has 1 saturated heterocycles. The van der Waals surface area contributed by atoms with Gasteiger partial charge in [-0.05, 0) is 43.7 Å². The Morgan fingerprint density at radius 1 is 1.00 bits per heavy atom. The molecule has 0 bridgehead atoms. The van der Waals surface area contributed by atoms with Crippen LogP contribution in [0.1, 0.15) is 21.7 Å². The van der Waals surface area contributed by atoms with Crippen LogP contribution in [0.2, 0.25) is 0 Å². The Hall–Kier alpha value is -2.67. The Morgan fingerprint density at radius 3 is 2.46 bits per heavy atom. The standard InChI is InChI=1S/C21H22BrN5O/c1-15-6-3-4-9-19(15)25-10-12-26(13-11-25)21(28)20-16(2)27(24-23-20)18-8-5-7-17(22)14-18/h3-9,14H,10-13H2,1-2H3. The van der Waals surface area contributed by atoms with Gasteiger partial charge in [0.05, 0.1) is 11.4 Å². The minimum Gasteiger partial charge on any atom is -0.368 e. The number of carbonyl (C=O) groups is 1. The average molecular weight is 440 g/mol. The summed E-state index contributed by atoms with van der Waals surface area (Å²) in [6, 6.07) is 16.2. The van der Waals surface area contributed by atoms with E-state index in [2.05, 4.69) is 62.3 Å². The van der Waals surface area contributed by atoms with E-state index in [1.807, 2.05) is 36.1 Å². The quantitative estimate of drug-likeness (QED) is 0.625. The summed E-state index contributed by atoms with van der Waals surface area (Å²) in [6.07, 6.45) is 0. The summed E-state index contributed by atoms with van der Waals surface area (Å²) < 4.78 is 2.67. The molecule has 1 aliphatic heterocycles. The number of halogens is 1. The molecule has 6 nitrogen and oxygen atoms in total. The van der Waals surface area contributed by atoms with Gasteiger partial charge >= 0.3 is 0 Å². The predicted molar refractivity (Wildman–Crippen MR) is 113 cm³/mol. The van der Waals surface area contributed by atoms with Crippen molar-refractivity contribution in [3.8, 4) is 5.69 Å². The number of hydrogen-bond donors (Lipinski definition) is 0. The molecular formula is C21H22BrN5O. The maximum atomic E-state index is 13.0. The molecule has 0 atom stereocenters. The predicted octanol–water partition coefficient (Wildman–Crippen LogP) is 3.61. The zero-order chi connectivity index (χ0) is 19.7. The molecule has 28 heavy (non-hydrogen) atoms. The van der Waals surface area contributed by atoms with Crippen molar-refractivity contribution in [2.45, 2.75) is 13.8 Å². The fourth-order valence-corrected chi connectivity index (χ4v) is 3.99. The number of nitrogens with zero attached hydrogens (tertiary/aromatic N) is 5. The van der Waals surface area contributed by atoms with Gasteiger partial charge in [-0.3, -0.25) is 4.79 Å². The number of anilines is 1. The van der Waals surface area contributed by atoms with Gasteiger partial charge in [0.2, 0.25) is 0 Å².